The van der Waals surface area contributed by atoms with E-state index in [2.05, 4.69) is 0 Å². The first-order chi connectivity index (χ1) is 9.79. The van der Waals surface area contributed by atoms with E-state index in [1.807, 2.05) is 4.72 Å². The van der Waals surface area contributed by atoms with Crippen LogP contribution in [-0.2, 0) is 32.5 Å². The molecule has 114 valence electrons. The van der Waals surface area contributed by atoms with E-state index >= 15 is 0 Å². The van der Waals surface area contributed by atoms with E-state index in [-0.39, 0.29) is 4.90 Å². The molecule has 1 aliphatic rings. The molecule has 0 heterocycles. The van der Waals surface area contributed by atoms with E-state index in [9.17, 15) is 18.0 Å². The summed E-state index contributed by atoms with van der Waals surface area (Å²) in [6.45, 7) is 0. The molecule has 1 unspecified atom stereocenters. The molecule has 2 rings (SSSR count). The normalized spacial score (nSPS) is 15.4. The Labute approximate surface area is 122 Å². The number of hydrogen-bond donors (Lipinski definition) is 3. The van der Waals surface area contributed by atoms with Gasteiger partial charge in [0.25, 0.3) is 0 Å². The van der Waals surface area contributed by atoms with Crippen LogP contribution in [0.15, 0.2) is 23.1 Å². The molecular weight excluding hydrogens is 296 g/mol. The Morgan fingerprint density at radius 2 is 1.95 bits per heavy atom. The van der Waals surface area contributed by atoms with Crippen LogP contribution in [0.5, 0.6) is 0 Å². The Morgan fingerprint density at radius 3 is 2.57 bits per heavy atom. The molecule has 4 N–H and O–H groups in total. The minimum atomic E-state index is -4.01. The van der Waals surface area contributed by atoms with Crippen LogP contribution in [0.25, 0.3) is 0 Å². The van der Waals surface area contributed by atoms with Crippen molar-refractivity contribution in [2.45, 2.75) is 36.6 Å². The maximum absolute atomic E-state index is 12.2. The summed E-state index contributed by atoms with van der Waals surface area (Å²) in [6, 6.07) is 3.16. The quantitative estimate of drug-likeness (QED) is 0.669. The number of carboxylic acids is 1. The lowest BCUT2D eigenvalue weighted by Gasteiger charge is -2.14. The van der Waals surface area contributed by atoms with Crippen molar-refractivity contribution >= 4 is 21.9 Å². The zero-order chi connectivity index (χ0) is 15.6. The second-order valence-electron chi connectivity index (χ2n) is 4.97. The summed E-state index contributed by atoms with van der Waals surface area (Å²) in [5.41, 5.74) is 7.00. The van der Waals surface area contributed by atoms with Crippen LogP contribution in [0.1, 0.15) is 24.0 Å². The number of primary amides is 1. The molecule has 1 amide bonds. The third-order valence-electron chi connectivity index (χ3n) is 3.38. The topological polar surface area (TPSA) is 127 Å². The molecule has 0 spiro atoms. The fourth-order valence-electron chi connectivity index (χ4n) is 2.35. The SMILES string of the molecule is NC(=O)CC(NS(=O)(=O)c1ccc2c(c1)CCC2)C(=O)O. The largest absolute Gasteiger partial charge is 0.480 e. The summed E-state index contributed by atoms with van der Waals surface area (Å²) < 4.78 is 26.4. The fraction of sp³-hybridized carbons (Fsp3) is 0.385. The van der Waals surface area contributed by atoms with Crippen LogP contribution in [0.3, 0.4) is 0 Å². The summed E-state index contributed by atoms with van der Waals surface area (Å²) >= 11 is 0. The van der Waals surface area contributed by atoms with Crippen LogP contribution in [0.4, 0.5) is 0 Å². The second-order valence-corrected chi connectivity index (χ2v) is 6.68. The number of aryl methyl sites for hydroxylation is 2. The molecule has 0 fully saturated rings. The number of carbonyl (C=O) groups is 2. The number of rotatable bonds is 6. The predicted molar refractivity (Wildman–Crippen MR) is 74.0 cm³/mol. The van der Waals surface area contributed by atoms with Crippen LogP contribution < -0.4 is 10.5 Å². The molecule has 0 radical (unpaired) electrons. The molecule has 1 aliphatic carbocycles. The van der Waals surface area contributed by atoms with Gasteiger partial charge in [-0.25, -0.2) is 8.42 Å². The maximum atomic E-state index is 12.2. The van der Waals surface area contributed by atoms with Gasteiger partial charge in [-0.05, 0) is 42.5 Å². The molecular formula is C13H16N2O5S. The first-order valence-corrected chi connectivity index (χ1v) is 7.93. The first kappa shape index (κ1) is 15.5. The van der Waals surface area contributed by atoms with E-state index in [0.717, 1.165) is 30.4 Å². The maximum Gasteiger partial charge on any atom is 0.322 e. The number of fused-ring (bicyclic) bond motifs is 1. The second kappa shape index (κ2) is 5.82. The number of carbonyl (C=O) groups excluding carboxylic acids is 1. The number of hydrogen-bond acceptors (Lipinski definition) is 4. The lowest BCUT2D eigenvalue weighted by atomic mass is 10.1. The van der Waals surface area contributed by atoms with Crippen LogP contribution in [0.2, 0.25) is 0 Å². The summed E-state index contributed by atoms with van der Waals surface area (Å²) in [5, 5.41) is 8.95. The lowest BCUT2D eigenvalue weighted by molar-refractivity contribution is -0.140. The highest BCUT2D eigenvalue weighted by Crippen LogP contribution is 2.24. The van der Waals surface area contributed by atoms with Crippen molar-refractivity contribution in [3.63, 3.8) is 0 Å². The van der Waals surface area contributed by atoms with Crippen molar-refractivity contribution in [3.8, 4) is 0 Å². The van der Waals surface area contributed by atoms with Crippen LogP contribution in [-0.4, -0.2) is 31.4 Å². The monoisotopic (exact) mass is 312 g/mol. The average molecular weight is 312 g/mol. The smallest absolute Gasteiger partial charge is 0.322 e. The Kier molecular flexibility index (Phi) is 4.29. The number of amides is 1. The molecule has 8 heteroatoms. The molecule has 0 saturated carbocycles. The third kappa shape index (κ3) is 3.59. The van der Waals surface area contributed by atoms with Crippen molar-refractivity contribution < 1.29 is 23.1 Å². The van der Waals surface area contributed by atoms with Crippen molar-refractivity contribution in [1.82, 2.24) is 4.72 Å². The number of carboxylic acid groups (broad SMARTS) is 1. The molecule has 0 bridgehead atoms. The zero-order valence-corrected chi connectivity index (χ0v) is 12.0. The molecule has 21 heavy (non-hydrogen) atoms. The summed E-state index contributed by atoms with van der Waals surface area (Å²) in [6.07, 6.45) is 2.11. The zero-order valence-electron chi connectivity index (χ0n) is 11.2. The Morgan fingerprint density at radius 1 is 1.29 bits per heavy atom. The van der Waals surface area contributed by atoms with Gasteiger partial charge in [-0.3, -0.25) is 9.59 Å². The van der Waals surface area contributed by atoms with Crippen LogP contribution in [0, 0.1) is 0 Å². The predicted octanol–water partition coefficient (Wildman–Crippen LogP) is -0.218. The Bertz CT molecular complexity index is 684. The van der Waals surface area contributed by atoms with Gasteiger partial charge >= 0.3 is 5.97 Å². The Hall–Kier alpha value is -1.93. The summed E-state index contributed by atoms with van der Waals surface area (Å²) in [7, 11) is -4.01. The highest BCUT2D eigenvalue weighted by atomic mass is 32.2. The van der Waals surface area contributed by atoms with Gasteiger partial charge in [-0.1, -0.05) is 6.07 Å². The van der Waals surface area contributed by atoms with Gasteiger partial charge in [0.2, 0.25) is 15.9 Å². The van der Waals surface area contributed by atoms with Gasteiger partial charge in [0.05, 0.1) is 11.3 Å². The van der Waals surface area contributed by atoms with E-state index in [0.29, 0.717) is 0 Å². The van der Waals surface area contributed by atoms with Crippen molar-refractivity contribution in [3.05, 3.63) is 29.3 Å². The molecule has 0 aromatic heterocycles. The van der Waals surface area contributed by atoms with Crippen molar-refractivity contribution in [1.29, 1.82) is 0 Å². The fourth-order valence-corrected chi connectivity index (χ4v) is 3.59. The number of sulfonamides is 1. The molecule has 0 aliphatic heterocycles. The van der Waals surface area contributed by atoms with E-state index in [1.54, 1.807) is 12.1 Å². The van der Waals surface area contributed by atoms with Gasteiger partial charge < -0.3 is 10.8 Å². The molecule has 1 atom stereocenters. The third-order valence-corrected chi connectivity index (χ3v) is 4.85. The minimum absolute atomic E-state index is 0.00105. The molecule has 1 aromatic carbocycles. The molecule has 1 aromatic rings. The van der Waals surface area contributed by atoms with Gasteiger partial charge in [0.1, 0.15) is 6.04 Å². The molecule has 0 saturated heterocycles. The average Bonchev–Trinajstić information content (AvgIpc) is 2.84. The standard InChI is InChI=1S/C13H16N2O5S/c14-12(16)7-11(13(17)18)15-21(19,20)10-5-4-8-2-1-3-9(8)6-10/h4-6,11,15H,1-3,7H2,(H2,14,16)(H,17,18). The van der Waals surface area contributed by atoms with Gasteiger partial charge in [0, 0.05) is 0 Å². The highest BCUT2D eigenvalue weighted by molar-refractivity contribution is 7.89. The van der Waals surface area contributed by atoms with E-state index < -0.39 is 34.4 Å². The minimum Gasteiger partial charge on any atom is -0.480 e. The highest BCUT2D eigenvalue weighted by Gasteiger charge is 2.27. The lowest BCUT2D eigenvalue weighted by Crippen LogP contribution is -2.43. The van der Waals surface area contributed by atoms with Gasteiger partial charge in [-0.15, -0.1) is 0 Å². The first-order valence-electron chi connectivity index (χ1n) is 6.45. The Balaban J connectivity index is 2.24. The number of nitrogens with one attached hydrogen (secondary N) is 1. The summed E-state index contributed by atoms with van der Waals surface area (Å²) in [4.78, 5) is 21.8. The number of aliphatic carboxylic acids is 1. The van der Waals surface area contributed by atoms with Crippen molar-refractivity contribution in [2.75, 3.05) is 0 Å². The summed E-state index contributed by atoms with van der Waals surface area (Å²) in [5.74, 6) is -2.34. The van der Waals surface area contributed by atoms with Gasteiger partial charge in [-0.2, -0.15) is 4.72 Å². The van der Waals surface area contributed by atoms with E-state index in [1.165, 1.54) is 6.07 Å². The number of benzene rings is 1. The van der Waals surface area contributed by atoms with E-state index in [4.69, 9.17) is 10.8 Å². The number of nitrogens with two attached hydrogens (primary N) is 1. The van der Waals surface area contributed by atoms with Crippen LogP contribution >= 0.6 is 0 Å². The van der Waals surface area contributed by atoms with Gasteiger partial charge in [0.15, 0.2) is 0 Å². The molecule has 7 nitrogen and oxygen atoms in total. The van der Waals surface area contributed by atoms with Crippen molar-refractivity contribution in [2.24, 2.45) is 5.73 Å².